The van der Waals surface area contributed by atoms with E-state index >= 15 is 0 Å². The number of halogens is 3. The van der Waals surface area contributed by atoms with Gasteiger partial charge in [0.25, 0.3) is 0 Å². The standard InChI is InChI=1S/C15H20F2N2O2.ClH/c16-12-5-4-11(9-13(12)17)21-7-6-19-15(20)8-10-2-1-3-14(10)18;/h4-5,9-10,14H,1-3,6-8,18H2,(H,19,20);1H/t10-,14+;/m0./s1. The van der Waals surface area contributed by atoms with Gasteiger partial charge >= 0.3 is 0 Å². The fourth-order valence-corrected chi connectivity index (χ4v) is 2.56. The molecule has 1 amide bonds. The minimum Gasteiger partial charge on any atom is -0.492 e. The van der Waals surface area contributed by atoms with E-state index in [1.807, 2.05) is 0 Å². The zero-order valence-electron chi connectivity index (χ0n) is 12.2. The Labute approximate surface area is 134 Å². The molecule has 0 unspecified atom stereocenters. The third-order valence-electron chi connectivity index (χ3n) is 3.75. The lowest BCUT2D eigenvalue weighted by Crippen LogP contribution is -2.33. The van der Waals surface area contributed by atoms with Crippen LogP contribution in [0.3, 0.4) is 0 Å². The predicted octanol–water partition coefficient (Wildman–Crippen LogP) is 2.40. The van der Waals surface area contributed by atoms with Crippen LogP contribution in [0.2, 0.25) is 0 Å². The van der Waals surface area contributed by atoms with E-state index in [9.17, 15) is 13.6 Å². The van der Waals surface area contributed by atoms with Crippen LogP contribution < -0.4 is 15.8 Å². The lowest BCUT2D eigenvalue weighted by Gasteiger charge is -2.14. The number of nitrogens with one attached hydrogen (secondary N) is 1. The summed E-state index contributed by atoms with van der Waals surface area (Å²) in [6.07, 6.45) is 3.50. The highest BCUT2D eigenvalue weighted by molar-refractivity contribution is 5.85. The van der Waals surface area contributed by atoms with Crippen molar-refractivity contribution in [2.45, 2.75) is 31.7 Å². The lowest BCUT2D eigenvalue weighted by molar-refractivity contribution is -0.122. The topological polar surface area (TPSA) is 64.4 Å². The monoisotopic (exact) mass is 334 g/mol. The molecule has 2 atom stereocenters. The fraction of sp³-hybridized carbons (Fsp3) is 0.533. The van der Waals surface area contributed by atoms with Crippen LogP contribution >= 0.6 is 12.4 Å². The van der Waals surface area contributed by atoms with Crippen LogP contribution in [-0.2, 0) is 4.79 Å². The Morgan fingerprint density at radius 3 is 2.73 bits per heavy atom. The molecule has 1 saturated carbocycles. The molecule has 0 spiro atoms. The first-order valence-corrected chi connectivity index (χ1v) is 7.16. The van der Waals surface area contributed by atoms with Crippen molar-refractivity contribution in [3.8, 4) is 5.75 Å². The smallest absolute Gasteiger partial charge is 0.220 e. The Kier molecular flexibility index (Phi) is 7.55. The maximum atomic E-state index is 12.9. The highest BCUT2D eigenvalue weighted by atomic mass is 35.5. The predicted molar refractivity (Wildman–Crippen MR) is 82.0 cm³/mol. The van der Waals surface area contributed by atoms with Crippen LogP contribution in [-0.4, -0.2) is 25.1 Å². The summed E-state index contributed by atoms with van der Waals surface area (Å²) in [5, 5.41) is 2.74. The Bertz CT molecular complexity index is 502. The van der Waals surface area contributed by atoms with Gasteiger partial charge in [-0.1, -0.05) is 6.42 Å². The first-order valence-electron chi connectivity index (χ1n) is 7.16. The maximum absolute atomic E-state index is 12.9. The first-order chi connectivity index (χ1) is 10.1. The summed E-state index contributed by atoms with van der Waals surface area (Å²) >= 11 is 0. The zero-order valence-corrected chi connectivity index (χ0v) is 13.0. The SMILES string of the molecule is Cl.N[C@@H]1CCC[C@H]1CC(=O)NCCOc1ccc(F)c(F)c1. The Hall–Kier alpha value is -1.40. The van der Waals surface area contributed by atoms with Gasteiger partial charge < -0.3 is 15.8 Å². The van der Waals surface area contributed by atoms with Crippen LogP contribution in [0.1, 0.15) is 25.7 Å². The molecule has 3 N–H and O–H groups in total. The summed E-state index contributed by atoms with van der Waals surface area (Å²) in [7, 11) is 0. The van der Waals surface area contributed by atoms with Crippen molar-refractivity contribution in [3.63, 3.8) is 0 Å². The third kappa shape index (κ3) is 5.42. The lowest BCUT2D eigenvalue weighted by atomic mass is 10.00. The second-order valence-corrected chi connectivity index (χ2v) is 5.33. The van der Waals surface area contributed by atoms with Gasteiger partial charge in [0.05, 0.1) is 6.54 Å². The number of rotatable bonds is 6. The van der Waals surface area contributed by atoms with E-state index in [1.165, 1.54) is 6.07 Å². The minimum atomic E-state index is -0.952. The molecule has 0 saturated heterocycles. The van der Waals surface area contributed by atoms with Crippen molar-refractivity contribution in [3.05, 3.63) is 29.8 Å². The van der Waals surface area contributed by atoms with Gasteiger partial charge in [0.2, 0.25) is 5.91 Å². The second-order valence-electron chi connectivity index (χ2n) is 5.33. The van der Waals surface area contributed by atoms with Crippen molar-refractivity contribution in [2.75, 3.05) is 13.2 Å². The van der Waals surface area contributed by atoms with Gasteiger partial charge in [0.1, 0.15) is 12.4 Å². The number of ether oxygens (including phenoxy) is 1. The van der Waals surface area contributed by atoms with Gasteiger partial charge in [-0.05, 0) is 30.9 Å². The van der Waals surface area contributed by atoms with Crippen LogP contribution in [0.25, 0.3) is 0 Å². The van der Waals surface area contributed by atoms with E-state index in [-0.39, 0.29) is 42.6 Å². The average Bonchev–Trinajstić information content (AvgIpc) is 2.84. The molecule has 0 radical (unpaired) electrons. The fourth-order valence-electron chi connectivity index (χ4n) is 2.56. The normalized spacial score (nSPS) is 20.3. The summed E-state index contributed by atoms with van der Waals surface area (Å²) in [6, 6.07) is 3.45. The largest absolute Gasteiger partial charge is 0.492 e. The molecule has 1 aromatic carbocycles. The van der Waals surface area contributed by atoms with Gasteiger partial charge in [-0.2, -0.15) is 0 Å². The number of hydrogen-bond donors (Lipinski definition) is 2. The number of carbonyl (C=O) groups excluding carboxylic acids is 1. The molecule has 1 aliphatic carbocycles. The van der Waals surface area contributed by atoms with Gasteiger partial charge in [-0.3, -0.25) is 4.79 Å². The summed E-state index contributed by atoms with van der Waals surface area (Å²) in [5.41, 5.74) is 5.91. The summed E-state index contributed by atoms with van der Waals surface area (Å²) < 4.78 is 30.9. The number of nitrogens with two attached hydrogens (primary N) is 1. The number of carbonyl (C=O) groups is 1. The Morgan fingerprint density at radius 2 is 2.09 bits per heavy atom. The van der Waals surface area contributed by atoms with E-state index in [4.69, 9.17) is 10.5 Å². The van der Waals surface area contributed by atoms with Crippen LogP contribution in [0.15, 0.2) is 18.2 Å². The van der Waals surface area contributed by atoms with E-state index < -0.39 is 11.6 Å². The van der Waals surface area contributed by atoms with E-state index in [0.717, 1.165) is 31.4 Å². The summed E-state index contributed by atoms with van der Waals surface area (Å²) in [6.45, 7) is 0.521. The molecule has 7 heteroatoms. The molecule has 0 aromatic heterocycles. The second kappa shape index (κ2) is 8.90. The van der Waals surface area contributed by atoms with Crippen molar-refractivity contribution in [1.29, 1.82) is 0 Å². The highest BCUT2D eigenvalue weighted by Gasteiger charge is 2.25. The van der Waals surface area contributed by atoms with Gasteiger partial charge in [0, 0.05) is 18.5 Å². The molecule has 124 valence electrons. The van der Waals surface area contributed by atoms with E-state index in [0.29, 0.717) is 13.0 Å². The Morgan fingerprint density at radius 1 is 1.32 bits per heavy atom. The summed E-state index contributed by atoms with van der Waals surface area (Å²) in [5.74, 6) is -1.42. The number of hydrogen-bond acceptors (Lipinski definition) is 3. The molecular weight excluding hydrogens is 314 g/mol. The zero-order chi connectivity index (χ0) is 15.2. The molecule has 0 heterocycles. The van der Waals surface area contributed by atoms with Crippen molar-refractivity contribution >= 4 is 18.3 Å². The van der Waals surface area contributed by atoms with Crippen LogP contribution in [0.4, 0.5) is 8.78 Å². The van der Waals surface area contributed by atoms with Gasteiger partial charge in [-0.15, -0.1) is 12.4 Å². The van der Waals surface area contributed by atoms with Crippen molar-refractivity contribution in [2.24, 2.45) is 11.7 Å². The average molecular weight is 335 g/mol. The molecular formula is C15H21ClF2N2O2. The third-order valence-corrected chi connectivity index (χ3v) is 3.75. The molecule has 1 fully saturated rings. The summed E-state index contributed by atoms with van der Waals surface area (Å²) in [4.78, 5) is 11.7. The molecule has 2 rings (SSSR count). The van der Waals surface area contributed by atoms with Gasteiger partial charge in [0.15, 0.2) is 11.6 Å². The molecule has 0 bridgehead atoms. The number of amides is 1. The van der Waals surface area contributed by atoms with Crippen LogP contribution in [0, 0.1) is 17.6 Å². The Balaban J connectivity index is 0.00000242. The van der Waals surface area contributed by atoms with E-state index in [2.05, 4.69) is 5.32 Å². The van der Waals surface area contributed by atoms with E-state index in [1.54, 1.807) is 0 Å². The molecule has 1 aliphatic rings. The van der Waals surface area contributed by atoms with Crippen molar-refractivity contribution in [1.82, 2.24) is 5.32 Å². The highest BCUT2D eigenvalue weighted by Crippen LogP contribution is 2.26. The minimum absolute atomic E-state index is 0. The molecule has 0 aliphatic heterocycles. The maximum Gasteiger partial charge on any atom is 0.220 e. The van der Waals surface area contributed by atoms with Crippen LogP contribution in [0.5, 0.6) is 5.75 Å². The quantitative estimate of drug-likeness (QED) is 0.785. The molecule has 22 heavy (non-hydrogen) atoms. The number of benzene rings is 1. The van der Waals surface area contributed by atoms with Crippen molar-refractivity contribution < 1.29 is 18.3 Å². The molecule has 4 nitrogen and oxygen atoms in total. The molecule has 1 aromatic rings. The first kappa shape index (κ1) is 18.6. The van der Waals surface area contributed by atoms with Gasteiger partial charge in [-0.25, -0.2) is 8.78 Å².